The molecule has 3 rings (SSSR count). The normalized spacial score (nSPS) is 17.0. The summed E-state index contributed by atoms with van der Waals surface area (Å²) in [6.45, 7) is 6.30. The molecule has 0 aromatic heterocycles. The molecule has 0 radical (unpaired) electrons. The van der Waals surface area contributed by atoms with E-state index in [9.17, 15) is 4.79 Å². The van der Waals surface area contributed by atoms with Gasteiger partial charge in [0.1, 0.15) is 0 Å². The molecule has 0 saturated carbocycles. The lowest BCUT2D eigenvalue weighted by Crippen LogP contribution is -2.45. The van der Waals surface area contributed by atoms with Crippen LogP contribution in [0.1, 0.15) is 36.9 Å². The molecule has 2 aromatic carbocycles. The zero-order chi connectivity index (χ0) is 17.6. The number of hydrogen-bond acceptors (Lipinski definition) is 2. The standard InChI is InChI=1S/C21H27N3O/c1-16-10-12-19(13-11-16)23-21(25)22-17(2)20(24-14-6-7-15-24)18-8-4-3-5-9-18/h3-5,8-13,17,20H,6-7,14-15H2,1-2H3,(H2,22,23,25)/t17-,20-/m0/s1. The van der Waals surface area contributed by atoms with Crippen molar-refractivity contribution in [1.29, 1.82) is 0 Å². The highest BCUT2D eigenvalue weighted by Crippen LogP contribution is 2.28. The summed E-state index contributed by atoms with van der Waals surface area (Å²) in [5, 5.41) is 6.06. The van der Waals surface area contributed by atoms with E-state index in [0.29, 0.717) is 0 Å². The molecule has 0 spiro atoms. The molecular formula is C21H27N3O. The number of nitrogens with one attached hydrogen (secondary N) is 2. The third-order valence-corrected chi connectivity index (χ3v) is 4.82. The number of rotatable bonds is 5. The van der Waals surface area contributed by atoms with Gasteiger partial charge in [0, 0.05) is 11.7 Å². The van der Waals surface area contributed by atoms with Crippen molar-refractivity contribution in [3.63, 3.8) is 0 Å². The molecule has 0 aliphatic carbocycles. The van der Waals surface area contributed by atoms with Crippen LogP contribution in [0.2, 0.25) is 0 Å². The number of carbonyl (C=O) groups is 1. The predicted molar refractivity (Wildman–Crippen MR) is 103 cm³/mol. The van der Waals surface area contributed by atoms with Crippen molar-refractivity contribution in [3.8, 4) is 0 Å². The van der Waals surface area contributed by atoms with Crippen LogP contribution in [0.15, 0.2) is 54.6 Å². The first-order chi connectivity index (χ1) is 12.1. The second-order valence-electron chi connectivity index (χ2n) is 6.85. The Bertz CT molecular complexity index is 678. The fraction of sp³-hybridized carbons (Fsp3) is 0.381. The monoisotopic (exact) mass is 337 g/mol. The first-order valence-electron chi connectivity index (χ1n) is 9.06. The first-order valence-corrected chi connectivity index (χ1v) is 9.06. The third-order valence-electron chi connectivity index (χ3n) is 4.82. The molecule has 1 heterocycles. The molecule has 25 heavy (non-hydrogen) atoms. The Kier molecular flexibility index (Phi) is 5.71. The summed E-state index contributed by atoms with van der Waals surface area (Å²) in [7, 11) is 0. The number of urea groups is 1. The highest BCUT2D eigenvalue weighted by Gasteiger charge is 2.29. The largest absolute Gasteiger partial charge is 0.333 e. The Labute approximate surface area is 150 Å². The van der Waals surface area contributed by atoms with Crippen LogP contribution in [-0.2, 0) is 0 Å². The molecule has 2 aromatic rings. The number of aryl methyl sites for hydroxylation is 1. The number of likely N-dealkylation sites (tertiary alicyclic amines) is 1. The minimum atomic E-state index is -0.156. The van der Waals surface area contributed by atoms with E-state index >= 15 is 0 Å². The van der Waals surface area contributed by atoms with Crippen LogP contribution in [0.4, 0.5) is 10.5 Å². The van der Waals surface area contributed by atoms with E-state index in [4.69, 9.17) is 0 Å². The topological polar surface area (TPSA) is 44.4 Å². The lowest BCUT2D eigenvalue weighted by molar-refractivity contribution is 0.197. The van der Waals surface area contributed by atoms with Gasteiger partial charge in [0.05, 0.1) is 6.04 Å². The van der Waals surface area contributed by atoms with E-state index in [1.807, 2.05) is 37.3 Å². The smallest absolute Gasteiger partial charge is 0.319 e. The number of carbonyl (C=O) groups excluding carboxylic acids is 1. The molecule has 1 aliphatic heterocycles. The minimum absolute atomic E-state index is 0.0194. The van der Waals surface area contributed by atoms with Gasteiger partial charge in [0.25, 0.3) is 0 Å². The number of benzene rings is 2. The van der Waals surface area contributed by atoms with E-state index in [1.54, 1.807) is 0 Å². The lowest BCUT2D eigenvalue weighted by atomic mass is 9.99. The number of hydrogen-bond donors (Lipinski definition) is 2. The van der Waals surface area contributed by atoms with Crippen LogP contribution in [0.25, 0.3) is 0 Å². The Morgan fingerprint density at radius 2 is 1.64 bits per heavy atom. The van der Waals surface area contributed by atoms with Crippen molar-refractivity contribution in [3.05, 3.63) is 65.7 Å². The molecule has 1 saturated heterocycles. The molecule has 2 amide bonds. The van der Waals surface area contributed by atoms with Gasteiger partial charge in [-0.1, -0.05) is 48.0 Å². The van der Waals surface area contributed by atoms with Gasteiger partial charge in [0.2, 0.25) is 0 Å². The van der Waals surface area contributed by atoms with Gasteiger partial charge in [-0.25, -0.2) is 4.79 Å². The zero-order valence-electron chi connectivity index (χ0n) is 15.0. The van der Waals surface area contributed by atoms with Crippen LogP contribution < -0.4 is 10.6 Å². The summed E-state index contributed by atoms with van der Waals surface area (Å²) in [5.41, 5.74) is 3.25. The second-order valence-corrected chi connectivity index (χ2v) is 6.85. The molecule has 132 valence electrons. The summed E-state index contributed by atoms with van der Waals surface area (Å²) >= 11 is 0. The Balaban J connectivity index is 1.68. The molecule has 1 fully saturated rings. The van der Waals surface area contributed by atoms with E-state index in [0.717, 1.165) is 18.8 Å². The molecule has 0 bridgehead atoms. The molecular weight excluding hydrogens is 310 g/mol. The van der Waals surface area contributed by atoms with Gasteiger partial charge in [0.15, 0.2) is 0 Å². The average Bonchev–Trinajstić information content (AvgIpc) is 3.12. The summed E-state index contributed by atoms with van der Waals surface area (Å²) in [6, 6.07) is 18.4. The van der Waals surface area contributed by atoms with E-state index in [2.05, 4.69) is 46.7 Å². The van der Waals surface area contributed by atoms with Crippen molar-refractivity contribution in [2.45, 2.75) is 38.8 Å². The van der Waals surface area contributed by atoms with E-state index in [1.165, 1.54) is 24.0 Å². The quantitative estimate of drug-likeness (QED) is 0.852. The SMILES string of the molecule is Cc1ccc(NC(=O)N[C@@H](C)[C@@H](c2ccccc2)N2CCCC2)cc1. The van der Waals surface area contributed by atoms with Crippen molar-refractivity contribution >= 4 is 11.7 Å². The van der Waals surface area contributed by atoms with Crippen LogP contribution in [0.3, 0.4) is 0 Å². The molecule has 4 nitrogen and oxygen atoms in total. The van der Waals surface area contributed by atoms with Gasteiger partial charge < -0.3 is 10.6 Å². The van der Waals surface area contributed by atoms with Crippen LogP contribution >= 0.6 is 0 Å². The summed E-state index contributed by atoms with van der Waals surface area (Å²) < 4.78 is 0. The maximum atomic E-state index is 12.4. The number of nitrogens with zero attached hydrogens (tertiary/aromatic N) is 1. The van der Waals surface area contributed by atoms with E-state index in [-0.39, 0.29) is 18.1 Å². The zero-order valence-corrected chi connectivity index (χ0v) is 15.0. The fourth-order valence-electron chi connectivity index (χ4n) is 3.58. The highest BCUT2D eigenvalue weighted by atomic mass is 16.2. The van der Waals surface area contributed by atoms with Gasteiger partial charge in [-0.3, -0.25) is 4.90 Å². The summed E-state index contributed by atoms with van der Waals surface area (Å²) in [5.74, 6) is 0. The lowest BCUT2D eigenvalue weighted by Gasteiger charge is -2.33. The number of amides is 2. The molecule has 2 atom stereocenters. The van der Waals surface area contributed by atoms with E-state index < -0.39 is 0 Å². The predicted octanol–water partition coefficient (Wildman–Crippen LogP) is 4.34. The highest BCUT2D eigenvalue weighted by molar-refractivity contribution is 5.89. The first kappa shape index (κ1) is 17.5. The summed E-state index contributed by atoms with van der Waals surface area (Å²) in [4.78, 5) is 14.9. The van der Waals surface area contributed by atoms with Crippen LogP contribution in [-0.4, -0.2) is 30.1 Å². The fourth-order valence-corrected chi connectivity index (χ4v) is 3.58. The molecule has 1 aliphatic rings. The Morgan fingerprint density at radius 1 is 1.00 bits per heavy atom. The Morgan fingerprint density at radius 3 is 2.28 bits per heavy atom. The molecule has 2 N–H and O–H groups in total. The molecule has 4 heteroatoms. The maximum Gasteiger partial charge on any atom is 0.319 e. The second kappa shape index (κ2) is 8.17. The molecule has 0 unspecified atom stereocenters. The van der Waals surface area contributed by atoms with Gasteiger partial charge in [-0.05, 0) is 57.5 Å². The number of anilines is 1. The van der Waals surface area contributed by atoms with Gasteiger partial charge in [-0.15, -0.1) is 0 Å². The maximum absolute atomic E-state index is 12.4. The minimum Gasteiger partial charge on any atom is -0.333 e. The van der Waals surface area contributed by atoms with Gasteiger partial charge in [-0.2, -0.15) is 0 Å². The van der Waals surface area contributed by atoms with Crippen LogP contribution in [0.5, 0.6) is 0 Å². The van der Waals surface area contributed by atoms with Gasteiger partial charge >= 0.3 is 6.03 Å². The van der Waals surface area contributed by atoms with Crippen LogP contribution in [0, 0.1) is 6.92 Å². The Hall–Kier alpha value is -2.33. The van der Waals surface area contributed by atoms with Crippen molar-refractivity contribution < 1.29 is 4.79 Å². The third kappa shape index (κ3) is 4.60. The average molecular weight is 337 g/mol. The van der Waals surface area contributed by atoms with Crippen molar-refractivity contribution in [1.82, 2.24) is 10.2 Å². The van der Waals surface area contributed by atoms with Crippen molar-refractivity contribution in [2.75, 3.05) is 18.4 Å². The summed E-state index contributed by atoms with van der Waals surface area (Å²) in [6.07, 6.45) is 2.46. The van der Waals surface area contributed by atoms with Crippen molar-refractivity contribution in [2.24, 2.45) is 0 Å².